The van der Waals surface area contributed by atoms with Gasteiger partial charge in [-0.25, -0.2) is 8.42 Å². The fourth-order valence-electron chi connectivity index (χ4n) is 1.64. The summed E-state index contributed by atoms with van der Waals surface area (Å²) >= 11 is 9.06. The Bertz CT molecular complexity index is 781. The van der Waals surface area contributed by atoms with Crippen molar-refractivity contribution in [3.63, 3.8) is 0 Å². The number of rotatable bonds is 4. The van der Waals surface area contributed by atoms with E-state index in [1.807, 2.05) is 0 Å². The van der Waals surface area contributed by atoms with Gasteiger partial charge in [-0.05, 0) is 46.3 Å². The minimum atomic E-state index is -3.76. The lowest BCUT2D eigenvalue weighted by atomic mass is 10.2. The standard InChI is InChI=1S/C13H12BrClN2O3S/c1-20-13-6-8(16)2-5-12(13)17-21(18,19)9-3-4-11(15)10(14)7-9/h2-7,17H,16H2,1H3. The van der Waals surface area contributed by atoms with Gasteiger partial charge in [0.15, 0.2) is 0 Å². The third kappa shape index (κ3) is 3.61. The van der Waals surface area contributed by atoms with Gasteiger partial charge in [-0.2, -0.15) is 0 Å². The second-order valence-electron chi connectivity index (χ2n) is 4.14. The van der Waals surface area contributed by atoms with Gasteiger partial charge in [0.2, 0.25) is 0 Å². The van der Waals surface area contributed by atoms with E-state index in [0.29, 0.717) is 26.6 Å². The molecule has 0 aliphatic carbocycles. The molecule has 0 saturated carbocycles. The Morgan fingerprint density at radius 2 is 1.95 bits per heavy atom. The number of anilines is 2. The molecule has 21 heavy (non-hydrogen) atoms. The van der Waals surface area contributed by atoms with Crippen LogP contribution in [0.15, 0.2) is 45.8 Å². The van der Waals surface area contributed by atoms with Crippen LogP contribution in [0.3, 0.4) is 0 Å². The molecule has 8 heteroatoms. The second-order valence-corrected chi connectivity index (χ2v) is 7.09. The molecule has 0 saturated heterocycles. The molecule has 0 aliphatic rings. The Balaban J connectivity index is 2.39. The Morgan fingerprint density at radius 3 is 2.57 bits per heavy atom. The van der Waals surface area contributed by atoms with E-state index >= 15 is 0 Å². The highest BCUT2D eigenvalue weighted by molar-refractivity contribution is 9.10. The maximum Gasteiger partial charge on any atom is 0.262 e. The summed E-state index contributed by atoms with van der Waals surface area (Å²) in [5.74, 6) is 0.339. The molecule has 0 radical (unpaired) electrons. The van der Waals surface area contributed by atoms with Gasteiger partial charge in [0, 0.05) is 16.2 Å². The van der Waals surface area contributed by atoms with E-state index in [1.54, 1.807) is 6.07 Å². The summed E-state index contributed by atoms with van der Waals surface area (Å²) in [6.07, 6.45) is 0. The molecule has 0 heterocycles. The minimum Gasteiger partial charge on any atom is -0.494 e. The predicted octanol–water partition coefficient (Wildman–Crippen LogP) is 3.49. The topological polar surface area (TPSA) is 81.4 Å². The summed E-state index contributed by atoms with van der Waals surface area (Å²) in [7, 11) is -2.32. The Morgan fingerprint density at radius 1 is 1.24 bits per heavy atom. The number of methoxy groups -OCH3 is 1. The minimum absolute atomic E-state index is 0.0812. The zero-order valence-electron chi connectivity index (χ0n) is 10.9. The molecule has 0 fully saturated rings. The van der Waals surface area contributed by atoms with Gasteiger partial charge in [0.05, 0.1) is 22.7 Å². The lowest BCUT2D eigenvalue weighted by Gasteiger charge is -2.12. The molecule has 5 nitrogen and oxygen atoms in total. The number of nitrogen functional groups attached to an aromatic ring is 1. The first-order chi connectivity index (χ1) is 9.83. The quantitative estimate of drug-likeness (QED) is 0.782. The van der Waals surface area contributed by atoms with Crippen molar-refractivity contribution in [3.05, 3.63) is 45.9 Å². The molecule has 0 amide bonds. The van der Waals surface area contributed by atoms with Crippen LogP contribution in [0.25, 0.3) is 0 Å². The van der Waals surface area contributed by atoms with Crippen molar-refractivity contribution in [2.24, 2.45) is 0 Å². The molecule has 0 atom stereocenters. The molecule has 3 N–H and O–H groups in total. The van der Waals surface area contributed by atoms with Gasteiger partial charge < -0.3 is 10.5 Å². The average molecular weight is 392 g/mol. The first-order valence-electron chi connectivity index (χ1n) is 5.75. The SMILES string of the molecule is COc1cc(N)ccc1NS(=O)(=O)c1ccc(Cl)c(Br)c1. The van der Waals surface area contributed by atoms with Crippen LogP contribution < -0.4 is 15.2 Å². The largest absolute Gasteiger partial charge is 0.494 e. The molecule has 0 aliphatic heterocycles. The number of nitrogens with one attached hydrogen (secondary N) is 1. The summed E-state index contributed by atoms with van der Waals surface area (Å²) in [6, 6.07) is 9.00. The maximum absolute atomic E-state index is 12.4. The van der Waals surface area contributed by atoms with Gasteiger partial charge in [0.1, 0.15) is 5.75 Å². The van der Waals surface area contributed by atoms with Crippen LogP contribution in [0, 0.1) is 0 Å². The van der Waals surface area contributed by atoms with Gasteiger partial charge in [-0.3, -0.25) is 4.72 Å². The van der Waals surface area contributed by atoms with Crippen LogP contribution in [-0.2, 0) is 10.0 Å². The molecular weight excluding hydrogens is 380 g/mol. The molecule has 2 aromatic rings. The van der Waals surface area contributed by atoms with Crippen molar-refractivity contribution >= 4 is 48.9 Å². The van der Waals surface area contributed by atoms with Gasteiger partial charge in [-0.15, -0.1) is 0 Å². The van der Waals surface area contributed by atoms with Gasteiger partial charge in [0.25, 0.3) is 10.0 Å². The molecule has 112 valence electrons. The van der Waals surface area contributed by atoms with Crippen LogP contribution in [0.2, 0.25) is 5.02 Å². The highest BCUT2D eigenvalue weighted by Crippen LogP contribution is 2.30. The van der Waals surface area contributed by atoms with E-state index in [0.717, 1.165) is 0 Å². The normalized spacial score (nSPS) is 11.2. The molecule has 2 aromatic carbocycles. The van der Waals surface area contributed by atoms with Crippen molar-refractivity contribution in [1.82, 2.24) is 0 Å². The third-order valence-electron chi connectivity index (χ3n) is 2.67. The maximum atomic E-state index is 12.4. The first-order valence-corrected chi connectivity index (χ1v) is 8.40. The lowest BCUT2D eigenvalue weighted by molar-refractivity contribution is 0.417. The van der Waals surface area contributed by atoms with Crippen LogP contribution in [-0.4, -0.2) is 15.5 Å². The summed E-state index contributed by atoms with van der Waals surface area (Å²) < 4.78 is 32.8. The molecule has 0 aromatic heterocycles. The summed E-state index contributed by atoms with van der Waals surface area (Å²) in [5, 5.41) is 0.430. The molecule has 0 bridgehead atoms. The number of hydrogen-bond acceptors (Lipinski definition) is 4. The summed E-state index contributed by atoms with van der Waals surface area (Å²) in [5.41, 5.74) is 6.42. The van der Waals surface area contributed by atoms with Crippen LogP contribution >= 0.6 is 27.5 Å². The molecule has 0 unspecified atom stereocenters. The van der Waals surface area contributed by atoms with Crippen molar-refractivity contribution in [2.45, 2.75) is 4.90 Å². The van der Waals surface area contributed by atoms with Crippen molar-refractivity contribution < 1.29 is 13.2 Å². The van der Waals surface area contributed by atoms with Crippen molar-refractivity contribution in [1.29, 1.82) is 0 Å². The zero-order valence-corrected chi connectivity index (χ0v) is 14.1. The number of ether oxygens (including phenoxy) is 1. The monoisotopic (exact) mass is 390 g/mol. The predicted molar refractivity (Wildman–Crippen MR) is 87.4 cm³/mol. The van der Waals surface area contributed by atoms with E-state index in [1.165, 1.54) is 37.4 Å². The van der Waals surface area contributed by atoms with Gasteiger partial charge >= 0.3 is 0 Å². The van der Waals surface area contributed by atoms with Gasteiger partial charge in [-0.1, -0.05) is 11.6 Å². The van der Waals surface area contributed by atoms with Crippen molar-refractivity contribution in [3.8, 4) is 5.75 Å². The summed E-state index contributed by atoms with van der Waals surface area (Å²) in [4.78, 5) is 0.0812. The number of benzene rings is 2. The van der Waals surface area contributed by atoms with Crippen LogP contribution in [0.5, 0.6) is 5.75 Å². The number of hydrogen-bond donors (Lipinski definition) is 2. The first kappa shape index (κ1) is 15.9. The van der Waals surface area contributed by atoms with E-state index in [2.05, 4.69) is 20.7 Å². The van der Waals surface area contributed by atoms with Crippen LogP contribution in [0.4, 0.5) is 11.4 Å². The average Bonchev–Trinajstić information content (AvgIpc) is 2.43. The number of sulfonamides is 1. The third-order valence-corrected chi connectivity index (χ3v) is 5.25. The fourth-order valence-corrected chi connectivity index (χ4v) is 3.38. The number of halogens is 2. The lowest BCUT2D eigenvalue weighted by Crippen LogP contribution is -2.13. The molecular formula is C13H12BrClN2O3S. The van der Waals surface area contributed by atoms with Crippen molar-refractivity contribution in [2.75, 3.05) is 17.6 Å². The smallest absolute Gasteiger partial charge is 0.262 e. The molecule has 0 spiro atoms. The second kappa shape index (κ2) is 6.13. The Labute approximate surface area is 136 Å². The summed E-state index contributed by atoms with van der Waals surface area (Å²) in [6.45, 7) is 0. The highest BCUT2D eigenvalue weighted by Gasteiger charge is 2.17. The van der Waals surface area contributed by atoms with Crippen LogP contribution in [0.1, 0.15) is 0 Å². The van der Waals surface area contributed by atoms with E-state index in [4.69, 9.17) is 22.1 Å². The van der Waals surface area contributed by atoms with E-state index in [-0.39, 0.29) is 4.90 Å². The number of nitrogens with two attached hydrogens (primary N) is 1. The molecule has 2 rings (SSSR count). The Kier molecular flexibility index (Phi) is 4.65. The Hall–Kier alpha value is -1.44. The van der Waals surface area contributed by atoms with E-state index < -0.39 is 10.0 Å². The highest BCUT2D eigenvalue weighted by atomic mass is 79.9. The van der Waals surface area contributed by atoms with E-state index in [9.17, 15) is 8.42 Å². The zero-order chi connectivity index (χ0) is 15.6. The fraction of sp³-hybridized carbons (Fsp3) is 0.0769.